The first kappa shape index (κ1) is 36.0. The molecular formula is C35H56ClNO3. The molecule has 226 valence electrons. The molecule has 1 unspecified atom stereocenters. The fourth-order valence-electron chi connectivity index (χ4n) is 4.72. The highest BCUT2D eigenvalue weighted by Gasteiger charge is 2.23. The minimum atomic E-state index is -0.743. The van der Waals surface area contributed by atoms with Crippen molar-refractivity contribution in [3.63, 3.8) is 0 Å². The highest BCUT2D eigenvalue weighted by Crippen LogP contribution is 2.32. The molecule has 5 heteroatoms. The maximum atomic E-state index is 12.6. The fourth-order valence-corrected chi connectivity index (χ4v) is 4.98. The summed E-state index contributed by atoms with van der Waals surface area (Å²) >= 11 is 6.31. The largest absolute Gasteiger partial charge is 0.497 e. The molecule has 0 aliphatic heterocycles. The van der Waals surface area contributed by atoms with Gasteiger partial charge in [-0.3, -0.25) is 4.79 Å². The summed E-state index contributed by atoms with van der Waals surface area (Å²) in [5, 5.41) is -0.743. The van der Waals surface area contributed by atoms with E-state index in [0.717, 1.165) is 17.7 Å². The average Bonchev–Trinajstić information content (AvgIpc) is 2.98. The number of ketones is 1. The van der Waals surface area contributed by atoms with Crippen LogP contribution in [0.3, 0.4) is 0 Å². The van der Waals surface area contributed by atoms with Gasteiger partial charge in [-0.25, -0.2) is 0 Å². The Kier molecular flexibility index (Phi) is 21.3. The SMILES string of the molecule is CCCCCCCCCCCCCCCCCCN.COc1ccc(C(=O)C(Cl)c2ccc(C)cc2)c(OC)c1. The van der Waals surface area contributed by atoms with Crippen LogP contribution in [0.5, 0.6) is 11.5 Å². The fraction of sp³-hybridized carbons (Fsp3) is 0.629. The molecule has 2 rings (SSSR count). The van der Waals surface area contributed by atoms with Gasteiger partial charge in [0.25, 0.3) is 0 Å². The summed E-state index contributed by atoms with van der Waals surface area (Å²) in [5.41, 5.74) is 7.82. The molecule has 0 bridgehead atoms. The first-order valence-corrected chi connectivity index (χ1v) is 16.1. The standard InChI is InChI=1S/C18H39N.C17H17ClO3/c1-2-3-4-5-6-7-8-9-10-11-12-13-14-15-16-17-18-19;1-11-4-6-12(7-5-11)16(18)17(19)14-9-8-13(20-2)10-15(14)21-3/h2-19H2,1H3;4-10,16H,1-3H3. The third-order valence-corrected chi connectivity index (χ3v) is 7.78. The zero-order valence-electron chi connectivity index (χ0n) is 25.8. The number of alkyl halides is 1. The van der Waals surface area contributed by atoms with Gasteiger partial charge in [-0.1, -0.05) is 133 Å². The number of hydrogen-bond donors (Lipinski definition) is 1. The second kappa shape index (κ2) is 23.6. The van der Waals surface area contributed by atoms with E-state index in [1.54, 1.807) is 25.3 Å². The molecule has 0 aliphatic carbocycles. The summed E-state index contributed by atoms with van der Waals surface area (Å²) in [5.74, 6) is 0.891. The monoisotopic (exact) mass is 573 g/mol. The lowest BCUT2D eigenvalue weighted by Gasteiger charge is -2.13. The number of aryl methyl sites for hydroxylation is 1. The topological polar surface area (TPSA) is 61.5 Å². The number of nitrogens with two attached hydrogens (primary N) is 1. The van der Waals surface area contributed by atoms with Crippen molar-refractivity contribution in [1.82, 2.24) is 0 Å². The molecule has 0 heterocycles. The quantitative estimate of drug-likeness (QED) is 0.0916. The van der Waals surface area contributed by atoms with Crippen LogP contribution < -0.4 is 15.2 Å². The van der Waals surface area contributed by atoms with Gasteiger partial charge < -0.3 is 15.2 Å². The predicted octanol–water partition coefficient (Wildman–Crippen LogP) is 10.4. The first-order valence-electron chi connectivity index (χ1n) is 15.6. The lowest BCUT2D eigenvalue weighted by molar-refractivity contribution is 0.0984. The van der Waals surface area contributed by atoms with Gasteiger partial charge in [0, 0.05) is 6.07 Å². The Bertz CT molecular complexity index is 884. The van der Waals surface area contributed by atoms with Crippen LogP contribution in [0.15, 0.2) is 42.5 Å². The van der Waals surface area contributed by atoms with Crippen LogP contribution in [-0.4, -0.2) is 26.5 Å². The molecule has 0 aliphatic rings. The molecule has 0 saturated heterocycles. The van der Waals surface area contributed by atoms with Crippen molar-refractivity contribution in [2.24, 2.45) is 5.73 Å². The van der Waals surface area contributed by atoms with E-state index in [1.165, 1.54) is 110 Å². The van der Waals surface area contributed by atoms with E-state index in [-0.39, 0.29) is 5.78 Å². The molecule has 4 nitrogen and oxygen atoms in total. The number of rotatable bonds is 21. The van der Waals surface area contributed by atoms with Gasteiger partial charge in [0.1, 0.15) is 16.9 Å². The third-order valence-electron chi connectivity index (χ3n) is 7.33. The van der Waals surface area contributed by atoms with E-state index in [9.17, 15) is 4.79 Å². The second-order valence-electron chi connectivity index (χ2n) is 10.8. The van der Waals surface area contributed by atoms with Crippen molar-refractivity contribution in [1.29, 1.82) is 0 Å². The second-order valence-corrected chi connectivity index (χ2v) is 11.2. The lowest BCUT2D eigenvalue weighted by Crippen LogP contribution is -2.09. The molecule has 1 atom stereocenters. The normalized spacial score (nSPS) is 11.4. The van der Waals surface area contributed by atoms with Crippen LogP contribution in [0.4, 0.5) is 0 Å². The summed E-state index contributed by atoms with van der Waals surface area (Å²) in [6.07, 6.45) is 22.9. The number of Topliss-reactive ketones (excluding diaryl/α,β-unsaturated/α-hetero) is 1. The van der Waals surface area contributed by atoms with Crippen molar-refractivity contribution in [3.05, 3.63) is 59.2 Å². The van der Waals surface area contributed by atoms with E-state index in [1.807, 2.05) is 31.2 Å². The van der Waals surface area contributed by atoms with Gasteiger partial charge in [0.15, 0.2) is 5.78 Å². The molecule has 0 saturated carbocycles. The minimum Gasteiger partial charge on any atom is -0.497 e. The number of carbonyl (C=O) groups is 1. The zero-order valence-corrected chi connectivity index (χ0v) is 26.6. The van der Waals surface area contributed by atoms with Crippen LogP contribution in [0, 0.1) is 6.92 Å². The third kappa shape index (κ3) is 15.7. The van der Waals surface area contributed by atoms with E-state index in [4.69, 9.17) is 26.8 Å². The smallest absolute Gasteiger partial charge is 0.188 e. The Balaban J connectivity index is 0.000000403. The number of carbonyl (C=O) groups excluding carboxylic acids is 1. The molecule has 0 amide bonds. The average molecular weight is 574 g/mol. The summed E-state index contributed by atoms with van der Waals surface area (Å²) in [6.45, 7) is 5.15. The maximum Gasteiger partial charge on any atom is 0.188 e. The van der Waals surface area contributed by atoms with Gasteiger partial charge in [-0.2, -0.15) is 0 Å². The molecule has 2 N–H and O–H groups in total. The minimum absolute atomic E-state index is 0.194. The lowest BCUT2D eigenvalue weighted by atomic mass is 10.0. The van der Waals surface area contributed by atoms with Crippen molar-refractivity contribution in [2.45, 2.75) is 122 Å². The number of methoxy groups -OCH3 is 2. The van der Waals surface area contributed by atoms with Crippen LogP contribution in [0.25, 0.3) is 0 Å². The summed E-state index contributed by atoms with van der Waals surface area (Å²) < 4.78 is 10.4. The Morgan fingerprint density at radius 3 is 1.62 bits per heavy atom. The molecule has 2 aromatic carbocycles. The van der Waals surface area contributed by atoms with Gasteiger partial charge in [-0.15, -0.1) is 11.6 Å². The highest BCUT2D eigenvalue weighted by atomic mass is 35.5. The molecule has 0 aromatic heterocycles. The summed E-state index contributed by atoms with van der Waals surface area (Å²) in [6, 6.07) is 12.7. The Morgan fingerprint density at radius 1 is 0.725 bits per heavy atom. The van der Waals surface area contributed by atoms with Gasteiger partial charge in [0.2, 0.25) is 0 Å². The molecule has 0 radical (unpaired) electrons. The predicted molar refractivity (Wildman–Crippen MR) is 172 cm³/mol. The van der Waals surface area contributed by atoms with Crippen molar-refractivity contribution < 1.29 is 14.3 Å². The number of unbranched alkanes of at least 4 members (excludes halogenated alkanes) is 15. The number of ether oxygens (including phenoxy) is 2. The zero-order chi connectivity index (χ0) is 29.4. The molecular weight excluding hydrogens is 518 g/mol. The van der Waals surface area contributed by atoms with Gasteiger partial charge >= 0.3 is 0 Å². The van der Waals surface area contributed by atoms with E-state index >= 15 is 0 Å². The van der Waals surface area contributed by atoms with Gasteiger partial charge in [0.05, 0.1) is 19.8 Å². The van der Waals surface area contributed by atoms with Crippen molar-refractivity contribution in [2.75, 3.05) is 20.8 Å². The van der Waals surface area contributed by atoms with Crippen LogP contribution in [0.2, 0.25) is 0 Å². The van der Waals surface area contributed by atoms with Crippen LogP contribution in [0.1, 0.15) is 137 Å². The molecule has 40 heavy (non-hydrogen) atoms. The number of benzene rings is 2. The van der Waals surface area contributed by atoms with Crippen molar-refractivity contribution >= 4 is 17.4 Å². The number of hydrogen-bond acceptors (Lipinski definition) is 4. The molecule has 2 aromatic rings. The maximum absolute atomic E-state index is 12.6. The molecule has 0 fully saturated rings. The Labute approximate surface area is 250 Å². The van der Waals surface area contributed by atoms with Crippen molar-refractivity contribution in [3.8, 4) is 11.5 Å². The van der Waals surface area contributed by atoms with Crippen LogP contribution >= 0.6 is 11.6 Å². The summed E-state index contributed by atoms with van der Waals surface area (Å²) in [7, 11) is 3.08. The molecule has 0 spiro atoms. The van der Waals surface area contributed by atoms with E-state index in [2.05, 4.69) is 6.92 Å². The van der Waals surface area contributed by atoms with E-state index < -0.39 is 5.38 Å². The number of halogens is 1. The Hall–Kier alpha value is -2.04. The first-order chi connectivity index (χ1) is 19.5. The highest BCUT2D eigenvalue weighted by molar-refractivity contribution is 6.34. The summed E-state index contributed by atoms with van der Waals surface area (Å²) in [4.78, 5) is 12.6. The van der Waals surface area contributed by atoms with E-state index in [0.29, 0.717) is 17.1 Å². The van der Waals surface area contributed by atoms with Crippen LogP contribution in [-0.2, 0) is 0 Å². The van der Waals surface area contributed by atoms with Gasteiger partial charge in [-0.05, 0) is 37.6 Å². The Morgan fingerprint density at radius 2 is 1.20 bits per heavy atom.